The van der Waals surface area contributed by atoms with Gasteiger partial charge >= 0.3 is 0 Å². The van der Waals surface area contributed by atoms with Gasteiger partial charge in [0.15, 0.2) is 0 Å². The normalized spacial score (nSPS) is 18.5. The van der Waals surface area contributed by atoms with E-state index >= 15 is 0 Å². The topological polar surface area (TPSA) is 24.9 Å². The third kappa shape index (κ3) is 3.03. The number of thiocarbonyl (C=S) groups is 1. The summed E-state index contributed by atoms with van der Waals surface area (Å²) in [6, 6.07) is 4.21. The Kier molecular flexibility index (Phi) is 4.49. The summed E-state index contributed by atoms with van der Waals surface area (Å²) >= 11 is 5.51. The number of rotatable bonds is 4. The van der Waals surface area contributed by atoms with Crippen molar-refractivity contribution in [2.45, 2.75) is 44.9 Å². The van der Waals surface area contributed by atoms with Crippen molar-refractivity contribution in [1.29, 1.82) is 0 Å². The van der Waals surface area contributed by atoms with Crippen molar-refractivity contribution in [3.8, 4) is 0 Å². The van der Waals surface area contributed by atoms with Crippen LogP contribution in [0.15, 0.2) is 18.3 Å². The predicted octanol–water partition coefficient (Wildman–Crippen LogP) is 3.22. The molecule has 0 aliphatic heterocycles. The third-order valence-electron chi connectivity index (χ3n) is 3.34. The molecule has 1 heterocycles. The van der Waals surface area contributed by atoms with E-state index in [1.54, 1.807) is 0 Å². The Hall–Kier alpha value is -0.960. The first-order chi connectivity index (χ1) is 8.33. The molecule has 17 heavy (non-hydrogen) atoms. The van der Waals surface area contributed by atoms with E-state index in [-0.39, 0.29) is 0 Å². The van der Waals surface area contributed by atoms with Crippen molar-refractivity contribution in [2.75, 3.05) is 6.54 Å². The van der Waals surface area contributed by atoms with Crippen LogP contribution < -0.4 is 5.32 Å². The first-order valence-electron chi connectivity index (χ1n) is 6.54. The molecule has 1 aromatic heterocycles. The van der Waals surface area contributed by atoms with Crippen molar-refractivity contribution < 1.29 is 0 Å². The van der Waals surface area contributed by atoms with Gasteiger partial charge in [0.05, 0.1) is 16.6 Å². The summed E-state index contributed by atoms with van der Waals surface area (Å²) in [5, 5.41) is 3.39. The van der Waals surface area contributed by atoms with Crippen LogP contribution in [0, 0.1) is 0 Å². The highest BCUT2D eigenvalue weighted by Crippen LogP contribution is 2.30. The molecule has 1 aliphatic carbocycles. The first-order valence-corrected chi connectivity index (χ1v) is 6.95. The van der Waals surface area contributed by atoms with Gasteiger partial charge in [0, 0.05) is 12.7 Å². The molecule has 1 atom stereocenters. The molecule has 0 saturated heterocycles. The van der Waals surface area contributed by atoms with Crippen LogP contribution in [0.2, 0.25) is 0 Å². The predicted molar refractivity (Wildman–Crippen MR) is 75.4 cm³/mol. The molecule has 1 N–H and O–H groups in total. The zero-order chi connectivity index (χ0) is 12.1. The standard InChI is InChI=1S/C14H20N2S/c1-2-3-9-16-14(17)12-8-4-6-11-7-5-10-15-13(11)12/h5,7,10,12H,2-4,6,8-9H2,1H3,(H,16,17). The fourth-order valence-corrected chi connectivity index (χ4v) is 2.71. The second-order valence-electron chi connectivity index (χ2n) is 4.64. The molecular formula is C14H20N2S. The van der Waals surface area contributed by atoms with Gasteiger partial charge in [-0.3, -0.25) is 4.98 Å². The lowest BCUT2D eigenvalue weighted by Crippen LogP contribution is -2.31. The summed E-state index contributed by atoms with van der Waals surface area (Å²) in [4.78, 5) is 5.51. The van der Waals surface area contributed by atoms with Gasteiger partial charge in [-0.2, -0.15) is 0 Å². The summed E-state index contributed by atoms with van der Waals surface area (Å²) in [5.74, 6) is 0.340. The van der Waals surface area contributed by atoms with Crippen LogP contribution in [-0.2, 0) is 6.42 Å². The van der Waals surface area contributed by atoms with Crippen molar-refractivity contribution in [2.24, 2.45) is 0 Å². The molecule has 0 aromatic carbocycles. The molecule has 1 unspecified atom stereocenters. The smallest absolute Gasteiger partial charge is 0.0845 e. The Morgan fingerprint density at radius 2 is 2.47 bits per heavy atom. The minimum Gasteiger partial charge on any atom is -0.379 e. The Balaban J connectivity index is 2.05. The molecule has 0 amide bonds. The van der Waals surface area contributed by atoms with Crippen LogP contribution in [-0.4, -0.2) is 16.5 Å². The van der Waals surface area contributed by atoms with E-state index in [1.807, 2.05) is 12.3 Å². The van der Waals surface area contributed by atoms with Gasteiger partial charge in [0.2, 0.25) is 0 Å². The zero-order valence-electron chi connectivity index (χ0n) is 10.4. The van der Waals surface area contributed by atoms with Gasteiger partial charge in [-0.15, -0.1) is 0 Å². The van der Waals surface area contributed by atoms with Crippen molar-refractivity contribution in [3.05, 3.63) is 29.6 Å². The summed E-state index contributed by atoms with van der Waals surface area (Å²) in [5.41, 5.74) is 2.58. The average Bonchev–Trinajstić information content (AvgIpc) is 2.38. The van der Waals surface area contributed by atoms with Gasteiger partial charge < -0.3 is 5.32 Å². The number of nitrogens with one attached hydrogen (secondary N) is 1. The number of unbranched alkanes of at least 4 members (excludes halogenated alkanes) is 1. The number of aryl methyl sites for hydroxylation is 1. The monoisotopic (exact) mass is 248 g/mol. The molecule has 1 aromatic rings. The number of nitrogens with zero attached hydrogens (tertiary/aromatic N) is 1. The molecule has 0 saturated carbocycles. The third-order valence-corrected chi connectivity index (χ3v) is 3.77. The van der Waals surface area contributed by atoms with Crippen molar-refractivity contribution in [3.63, 3.8) is 0 Å². The molecule has 0 radical (unpaired) electrons. The Morgan fingerprint density at radius 3 is 3.29 bits per heavy atom. The lowest BCUT2D eigenvalue weighted by molar-refractivity contribution is 0.620. The Labute approximate surface area is 109 Å². The van der Waals surface area contributed by atoms with Gasteiger partial charge in [0.1, 0.15) is 0 Å². The van der Waals surface area contributed by atoms with Gasteiger partial charge in [0.25, 0.3) is 0 Å². The lowest BCUT2D eigenvalue weighted by atomic mass is 9.86. The quantitative estimate of drug-likeness (QED) is 0.654. The lowest BCUT2D eigenvalue weighted by Gasteiger charge is -2.25. The number of hydrogen-bond donors (Lipinski definition) is 1. The molecule has 3 heteroatoms. The SMILES string of the molecule is CCCCNC(=S)C1CCCc2cccnc21. The van der Waals surface area contributed by atoms with Gasteiger partial charge in [-0.1, -0.05) is 31.6 Å². The highest BCUT2D eigenvalue weighted by atomic mass is 32.1. The highest BCUT2D eigenvalue weighted by Gasteiger charge is 2.24. The van der Waals surface area contributed by atoms with E-state index in [4.69, 9.17) is 12.2 Å². The van der Waals surface area contributed by atoms with Crippen molar-refractivity contribution >= 4 is 17.2 Å². The zero-order valence-corrected chi connectivity index (χ0v) is 11.2. The molecule has 0 bridgehead atoms. The molecule has 2 nitrogen and oxygen atoms in total. The van der Waals surface area contributed by atoms with Crippen molar-refractivity contribution in [1.82, 2.24) is 10.3 Å². The Morgan fingerprint density at radius 1 is 1.59 bits per heavy atom. The second kappa shape index (κ2) is 6.10. The maximum absolute atomic E-state index is 5.51. The minimum absolute atomic E-state index is 0.340. The average molecular weight is 248 g/mol. The number of fused-ring (bicyclic) bond motifs is 1. The maximum atomic E-state index is 5.51. The molecule has 0 fully saturated rings. The van der Waals surface area contributed by atoms with E-state index in [0.717, 1.165) is 24.4 Å². The molecular weight excluding hydrogens is 228 g/mol. The van der Waals surface area contributed by atoms with E-state index in [2.05, 4.69) is 23.3 Å². The number of pyridine rings is 1. The highest BCUT2D eigenvalue weighted by molar-refractivity contribution is 7.80. The number of aromatic nitrogens is 1. The van der Waals surface area contributed by atoms with Gasteiger partial charge in [-0.25, -0.2) is 0 Å². The molecule has 2 rings (SSSR count). The van der Waals surface area contributed by atoms with Crippen LogP contribution in [0.5, 0.6) is 0 Å². The van der Waals surface area contributed by atoms with Crippen LogP contribution >= 0.6 is 12.2 Å². The summed E-state index contributed by atoms with van der Waals surface area (Å²) in [6.07, 6.45) is 7.78. The molecule has 0 spiro atoms. The summed E-state index contributed by atoms with van der Waals surface area (Å²) < 4.78 is 0. The maximum Gasteiger partial charge on any atom is 0.0845 e. The van der Waals surface area contributed by atoms with Crippen LogP contribution in [0.1, 0.15) is 49.8 Å². The van der Waals surface area contributed by atoms with Crippen LogP contribution in [0.3, 0.4) is 0 Å². The first kappa shape index (κ1) is 12.5. The number of hydrogen-bond acceptors (Lipinski definition) is 2. The summed E-state index contributed by atoms with van der Waals surface area (Å²) in [6.45, 7) is 3.19. The van der Waals surface area contributed by atoms with Crippen LogP contribution in [0.4, 0.5) is 0 Å². The van der Waals surface area contributed by atoms with Crippen LogP contribution in [0.25, 0.3) is 0 Å². The molecule has 1 aliphatic rings. The van der Waals surface area contributed by atoms with E-state index in [1.165, 1.54) is 30.5 Å². The fraction of sp³-hybridized carbons (Fsp3) is 0.571. The fourth-order valence-electron chi connectivity index (χ4n) is 2.38. The van der Waals surface area contributed by atoms with E-state index < -0.39 is 0 Å². The van der Waals surface area contributed by atoms with Gasteiger partial charge in [-0.05, 0) is 37.3 Å². The second-order valence-corrected chi connectivity index (χ2v) is 5.08. The Bertz CT molecular complexity index is 390. The van der Waals surface area contributed by atoms with E-state index in [0.29, 0.717) is 5.92 Å². The largest absolute Gasteiger partial charge is 0.379 e. The minimum atomic E-state index is 0.340. The molecule has 92 valence electrons. The summed E-state index contributed by atoms with van der Waals surface area (Å²) in [7, 11) is 0. The van der Waals surface area contributed by atoms with E-state index in [9.17, 15) is 0 Å².